The summed E-state index contributed by atoms with van der Waals surface area (Å²) in [7, 11) is 0. The summed E-state index contributed by atoms with van der Waals surface area (Å²) in [5.74, 6) is -0.513. The number of rotatable bonds is 11. The van der Waals surface area contributed by atoms with Crippen LogP contribution in [0.15, 0.2) is 42.7 Å². The molecule has 4 atom stereocenters. The summed E-state index contributed by atoms with van der Waals surface area (Å²) in [5, 5.41) is 2.81. The third kappa shape index (κ3) is 6.68. The molecule has 1 aromatic carbocycles. The molecule has 1 aliphatic rings. The number of benzene rings is 1. The molecule has 1 aliphatic heterocycles. The van der Waals surface area contributed by atoms with Gasteiger partial charge in [-0.05, 0) is 30.2 Å². The second-order valence-corrected chi connectivity index (χ2v) is 8.94. The van der Waals surface area contributed by atoms with Gasteiger partial charge in [0.25, 0.3) is 0 Å². The van der Waals surface area contributed by atoms with E-state index < -0.39 is 12.1 Å². The minimum atomic E-state index is -0.647. The van der Waals surface area contributed by atoms with Gasteiger partial charge in [-0.2, -0.15) is 0 Å². The van der Waals surface area contributed by atoms with Crippen molar-refractivity contribution < 1.29 is 14.4 Å². The predicted octanol–water partition coefficient (Wildman–Crippen LogP) is 4.12. The van der Waals surface area contributed by atoms with Gasteiger partial charge in [-0.25, -0.2) is 0 Å². The van der Waals surface area contributed by atoms with E-state index in [1.807, 2.05) is 39.0 Å². The zero-order valence-corrected chi connectivity index (χ0v) is 20.2. The zero-order valence-electron chi connectivity index (χ0n) is 20.2. The minimum absolute atomic E-state index is 0.0190. The normalized spacial score (nSPS) is 18.9. The van der Waals surface area contributed by atoms with Crippen molar-refractivity contribution in [3.8, 4) is 0 Å². The molecule has 6 heteroatoms. The second kappa shape index (κ2) is 12.4. The first-order valence-electron chi connectivity index (χ1n) is 11.9. The van der Waals surface area contributed by atoms with Gasteiger partial charge in [0.05, 0.1) is 0 Å². The van der Waals surface area contributed by atoms with Crippen molar-refractivity contribution in [2.75, 3.05) is 6.54 Å². The molecule has 6 nitrogen and oxygen atoms in total. The largest absolute Gasteiger partial charge is 0.344 e. The second-order valence-electron chi connectivity index (χ2n) is 8.94. The van der Waals surface area contributed by atoms with Crippen molar-refractivity contribution in [3.63, 3.8) is 0 Å². The van der Waals surface area contributed by atoms with Gasteiger partial charge < -0.3 is 15.1 Å². The molecule has 3 amide bonds. The molecule has 0 bridgehead atoms. The Labute approximate surface area is 193 Å². The van der Waals surface area contributed by atoms with Gasteiger partial charge in [-0.1, -0.05) is 77.3 Å². The van der Waals surface area contributed by atoms with Crippen molar-refractivity contribution in [3.05, 3.63) is 48.3 Å². The monoisotopic (exact) mass is 441 g/mol. The Morgan fingerprint density at radius 1 is 1.09 bits per heavy atom. The summed E-state index contributed by atoms with van der Waals surface area (Å²) in [4.78, 5) is 42.2. The molecule has 1 heterocycles. The topological polar surface area (TPSA) is 69.7 Å². The maximum absolute atomic E-state index is 13.5. The van der Waals surface area contributed by atoms with Crippen LogP contribution in [0.4, 0.5) is 0 Å². The summed E-state index contributed by atoms with van der Waals surface area (Å²) in [6, 6.07) is 8.88. The fourth-order valence-corrected chi connectivity index (χ4v) is 4.16. The Kier molecular flexibility index (Phi) is 9.95. The van der Waals surface area contributed by atoms with E-state index in [-0.39, 0.29) is 29.6 Å². The van der Waals surface area contributed by atoms with E-state index in [2.05, 4.69) is 24.4 Å². The first-order valence-corrected chi connectivity index (χ1v) is 11.9. The number of carbonyl (C=O) groups is 3. The van der Waals surface area contributed by atoms with Gasteiger partial charge in [0.1, 0.15) is 12.1 Å². The molecule has 0 fully saturated rings. The Balaban J connectivity index is 2.28. The quantitative estimate of drug-likeness (QED) is 0.562. The molecule has 0 aromatic heterocycles. The average molecular weight is 442 g/mol. The number of hydrogen-bond acceptors (Lipinski definition) is 3. The third-order valence-electron chi connectivity index (χ3n) is 6.37. The van der Waals surface area contributed by atoms with E-state index in [0.29, 0.717) is 6.54 Å². The lowest BCUT2D eigenvalue weighted by atomic mass is 9.90. The van der Waals surface area contributed by atoms with E-state index in [4.69, 9.17) is 0 Å². The smallest absolute Gasteiger partial charge is 0.250 e. The molecule has 0 saturated heterocycles. The summed E-state index contributed by atoms with van der Waals surface area (Å²) in [6.45, 7) is 10.1. The van der Waals surface area contributed by atoms with Crippen LogP contribution in [0.1, 0.15) is 65.9 Å². The van der Waals surface area contributed by atoms with E-state index >= 15 is 0 Å². The SMILES string of the molecule is CCCC[C@H](C)C1C(=O)N(CCc2ccccc2)C=CN1C(=O)C(NC(C)=O)[C@@H](C)CC. The lowest BCUT2D eigenvalue weighted by molar-refractivity contribution is -0.148. The molecule has 0 aliphatic carbocycles. The summed E-state index contributed by atoms with van der Waals surface area (Å²) < 4.78 is 0. The van der Waals surface area contributed by atoms with Crippen LogP contribution in [0.5, 0.6) is 0 Å². The molecular weight excluding hydrogens is 402 g/mol. The lowest BCUT2D eigenvalue weighted by Crippen LogP contribution is -2.59. The molecule has 0 radical (unpaired) electrons. The van der Waals surface area contributed by atoms with Gasteiger partial charge >= 0.3 is 0 Å². The lowest BCUT2D eigenvalue weighted by Gasteiger charge is -2.41. The minimum Gasteiger partial charge on any atom is -0.344 e. The van der Waals surface area contributed by atoms with Crippen LogP contribution >= 0.6 is 0 Å². The third-order valence-corrected chi connectivity index (χ3v) is 6.37. The highest BCUT2D eigenvalue weighted by Gasteiger charge is 2.41. The number of unbranched alkanes of at least 4 members (excludes halogenated alkanes) is 1. The van der Waals surface area contributed by atoms with Gasteiger partial charge in [-0.15, -0.1) is 0 Å². The maximum Gasteiger partial charge on any atom is 0.250 e. The van der Waals surface area contributed by atoms with Crippen molar-refractivity contribution in [2.24, 2.45) is 11.8 Å². The highest BCUT2D eigenvalue weighted by molar-refractivity contribution is 5.94. The van der Waals surface area contributed by atoms with Gasteiger partial charge in [0.15, 0.2) is 0 Å². The molecule has 176 valence electrons. The molecule has 0 spiro atoms. The van der Waals surface area contributed by atoms with Crippen LogP contribution in [0.3, 0.4) is 0 Å². The highest BCUT2D eigenvalue weighted by atomic mass is 16.2. The van der Waals surface area contributed by atoms with Crippen LogP contribution in [-0.2, 0) is 20.8 Å². The fraction of sp³-hybridized carbons (Fsp3) is 0.577. The van der Waals surface area contributed by atoms with Crippen molar-refractivity contribution in [1.82, 2.24) is 15.1 Å². The standard InChI is InChI=1S/C26H39N3O3/c1-6-8-12-20(4)24-26(32)28(16-15-22-13-10-9-11-14-22)17-18-29(24)25(31)23(19(3)7-2)27-21(5)30/h9-11,13-14,17-20,23-24H,6-8,12,15-16H2,1-5H3,(H,27,30)/t19-,20-,23?,24?/m0/s1. The van der Waals surface area contributed by atoms with Crippen LogP contribution in [0, 0.1) is 11.8 Å². The van der Waals surface area contributed by atoms with E-state index in [1.165, 1.54) is 12.5 Å². The highest BCUT2D eigenvalue weighted by Crippen LogP contribution is 2.26. The van der Waals surface area contributed by atoms with Crippen LogP contribution in [0.25, 0.3) is 0 Å². The molecular formula is C26H39N3O3. The summed E-state index contributed by atoms with van der Waals surface area (Å²) in [5.41, 5.74) is 1.17. The number of nitrogens with one attached hydrogen (secondary N) is 1. The molecule has 2 rings (SSSR count). The van der Waals surface area contributed by atoms with E-state index in [1.54, 1.807) is 22.2 Å². The van der Waals surface area contributed by atoms with E-state index in [9.17, 15) is 14.4 Å². The molecule has 0 saturated carbocycles. The molecule has 2 unspecified atom stereocenters. The summed E-state index contributed by atoms with van der Waals surface area (Å²) in [6.07, 6.45) is 7.86. The van der Waals surface area contributed by atoms with Crippen LogP contribution in [-0.4, -0.2) is 46.1 Å². The Bertz CT molecular complexity index is 793. The molecule has 1 aromatic rings. The average Bonchev–Trinajstić information content (AvgIpc) is 2.79. The number of nitrogens with zero attached hydrogens (tertiary/aromatic N) is 2. The van der Waals surface area contributed by atoms with Crippen LogP contribution in [0.2, 0.25) is 0 Å². The number of hydrogen-bond donors (Lipinski definition) is 1. The molecule has 32 heavy (non-hydrogen) atoms. The Morgan fingerprint density at radius 2 is 1.78 bits per heavy atom. The maximum atomic E-state index is 13.5. The van der Waals surface area contributed by atoms with Gasteiger partial charge in [0, 0.05) is 25.9 Å². The van der Waals surface area contributed by atoms with Gasteiger partial charge in [-0.3, -0.25) is 14.4 Å². The first kappa shape index (κ1) is 25.6. The fourth-order valence-electron chi connectivity index (χ4n) is 4.16. The Morgan fingerprint density at radius 3 is 2.38 bits per heavy atom. The van der Waals surface area contributed by atoms with Crippen molar-refractivity contribution >= 4 is 17.7 Å². The van der Waals surface area contributed by atoms with Crippen LogP contribution < -0.4 is 5.32 Å². The van der Waals surface area contributed by atoms with Crippen molar-refractivity contribution in [2.45, 2.75) is 78.8 Å². The first-order chi connectivity index (χ1) is 15.3. The van der Waals surface area contributed by atoms with Gasteiger partial charge in [0.2, 0.25) is 17.7 Å². The van der Waals surface area contributed by atoms with Crippen molar-refractivity contribution in [1.29, 1.82) is 0 Å². The molecule has 1 N–H and O–H groups in total. The summed E-state index contributed by atoms with van der Waals surface area (Å²) >= 11 is 0. The van der Waals surface area contributed by atoms with E-state index in [0.717, 1.165) is 32.1 Å². The Hall–Kier alpha value is -2.63. The number of carbonyl (C=O) groups excluding carboxylic acids is 3. The predicted molar refractivity (Wildman–Crippen MR) is 127 cm³/mol. The number of amides is 3. The zero-order chi connectivity index (χ0) is 23.7.